The first-order valence-corrected chi connectivity index (χ1v) is 9.65. The fourth-order valence-corrected chi connectivity index (χ4v) is 3.45. The van der Waals surface area contributed by atoms with E-state index < -0.39 is 15.5 Å². The van der Waals surface area contributed by atoms with Gasteiger partial charge in [-0.15, -0.1) is 0 Å². The number of anilines is 1. The average molecular weight is 472 g/mol. The molecule has 0 radical (unpaired) electrons. The Kier molecular flexibility index (Phi) is 5.97. The highest BCUT2D eigenvalue weighted by Gasteiger charge is 2.19. The van der Waals surface area contributed by atoms with E-state index >= 15 is 0 Å². The molecule has 9 nitrogen and oxygen atoms in total. The first-order chi connectivity index (χ1) is 14.2. The maximum atomic E-state index is 11.2. The van der Waals surface area contributed by atoms with Crippen LogP contribution in [0.4, 0.5) is 17.1 Å². The Morgan fingerprint density at radius 3 is 2.40 bits per heavy atom. The van der Waals surface area contributed by atoms with Gasteiger partial charge in [-0.25, -0.2) is 0 Å². The summed E-state index contributed by atoms with van der Waals surface area (Å²) in [5.74, 6) is 0. The van der Waals surface area contributed by atoms with E-state index in [0.717, 1.165) is 38.7 Å². The second-order valence-corrected chi connectivity index (χ2v) is 7.54. The maximum Gasteiger partial charge on any atom is 0.301 e. The van der Waals surface area contributed by atoms with Crippen molar-refractivity contribution in [3.63, 3.8) is 0 Å². The SMILES string of the molecule is Cc1ccc(-n2c(C)cc(/C=N/Nc3ccc([N+](=O)[O-])cc3[N+](=O)[O-])c2C)cc1Br. The lowest BCUT2D eigenvalue weighted by atomic mass is 10.2. The molecule has 1 heterocycles. The fourth-order valence-electron chi connectivity index (χ4n) is 3.09. The van der Waals surface area contributed by atoms with Gasteiger partial charge in [-0.2, -0.15) is 5.10 Å². The van der Waals surface area contributed by atoms with Crippen LogP contribution in [0.3, 0.4) is 0 Å². The summed E-state index contributed by atoms with van der Waals surface area (Å²) in [6.07, 6.45) is 1.56. The molecule has 30 heavy (non-hydrogen) atoms. The highest BCUT2D eigenvalue weighted by atomic mass is 79.9. The van der Waals surface area contributed by atoms with Crippen LogP contribution in [0, 0.1) is 41.0 Å². The van der Waals surface area contributed by atoms with E-state index in [-0.39, 0.29) is 11.4 Å². The number of nitrogens with zero attached hydrogens (tertiary/aromatic N) is 4. The van der Waals surface area contributed by atoms with Gasteiger partial charge >= 0.3 is 5.69 Å². The van der Waals surface area contributed by atoms with Crippen molar-refractivity contribution in [2.75, 3.05) is 5.43 Å². The number of halogens is 1. The molecule has 0 aliphatic heterocycles. The molecule has 0 amide bonds. The Bertz CT molecular complexity index is 1190. The first-order valence-electron chi connectivity index (χ1n) is 8.86. The predicted octanol–water partition coefficient (Wildman–Crippen LogP) is 5.43. The van der Waals surface area contributed by atoms with Crippen molar-refractivity contribution in [1.29, 1.82) is 0 Å². The van der Waals surface area contributed by atoms with Gasteiger partial charge in [0.1, 0.15) is 5.69 Å². The minimum absolute atomic E-state index is 0.0677. The van der Waals surface area contributed by atoms with Crippen LogP contribution < -0.4 is 5.43 Å². The van der Waals surface area contributed by atoms with E-state index in [1.54, 1.807) is 6.21 Å². The average Bonchev–Trinajstić information content (AvgIpc) is 2.97. The molecule has 154 valence electrons. The van der Waals surface area contributed by atoms with Crippen molar-refractivity contribution in [2.45, 2.75) is 20.8 Å². The number of aryl methyl sites for hydroxylation is 2. The van der Waals surface area contributed by atoms with E-state index in [1.165, 1.54) is 12.1 Å². The fraction of sp³-hybridized carbons (Fsp3) is 0.150. The van der Waals surface area contributed by atoms with E-state index in [1.807, 2.05) is 45.0 Å². The molecule has 1 N–H and O–H groups in total. The Hall–Kier alpha value is -3.53. The number of hydrogen-bond donors (Lipinski definition) is 1. The molecule has 0 aliphatic rings. The predicted molar refractivity (Wildman–Crippen MR) is 119 cm³/mol. The van der Waals surface area contributed by atoms with Crippen molar-refractivity contribution in [3.8, 4) is 5.69 Å². The number of aromatic nitrogens is 1. The third kappa shape index (κ3) is 4.23. The largest absolute Gasteiger partial charge is 0.318 e. The van der Waals surface area contributed by atoms with Crippen LogP contribution in [0.2, 0.25) is 0 Å². The van der Waals surface area contributed by atoms with E-state index in [0.29, 0.717) is 0 Å². The summed E-state index contributed by atoms with van der Waals surface area (Å²) in [6.45, 7) is 5.95. The summed E-state index contributed by atoms with van der Waals surface area (Å²) in [5.41, 5.74) is 6.83. The molecule has 0 aliphatic carbocycles. The van der Waals surface area contributed by atoms with Gasteiger partial charge in [0.15, 0.2) is 0 Å². The van der Waals surface area contributed by atoms with Gasteiger partial charge in [0.2, 0.25) is 0 Å². The van der Waals surface area contributed by atoms with Crippen molar-refractivity contribution < 1.29 is 9.85 Å². The maximum absolute atomic E-state index is 11.2. The molecule has 0 fully saturated rings. The quantitative estimate of drug-likeness (QED) is 0.292. The highest BCUT2D eigenvalue weighted by molar-refractivity contribution is 9.10. The molecule has 0 unspecified atom stereocenters. The van der Waals surface area contributed by atoms with Gasteiger partial charge in [-0.1, -0.05) is 22.0 Å². The van der Waals surface area contributed by atoms with Gasteiger partial charge < -0.3 is 4.57 Å². The zero-order valence-electron chi connectivity index (χ0n) is 16.4. The lowest BCUT2D eigenvalue weighted by Crippen LogP contribution is -2.01. The minimum Gasteiger partial charge on any atom is -0.318 e. The Morgan fingerprint density at radius 1 is 1.03 bits per heavy atom. The molecule has 0 spiro atoms. The number of nitro benzene ring substituents is 2. The van der Waals surface area contributed by atoms with E-state index in [9.17, 15) is 20.2 Å². The van der Waals surface area contributed by atoms with Gasteiger partial charge in [-0.3, -0.25) is 25.7 Å². The second-order valence-electron chi connectivity index (χ2n) is 6.68. The monoisotopic (exact) mass is 471 g/mol. The summed E-state index contributed by atoms with van der Waals surface area (Å²) < 4.78 is 3.09. The molecule has 3 aromatic rings. The van der Waals surface area contributed by atoms with Crippen molar-refractivity contribution in [3.05, 3.63) is 89.7 Å². The van der Waals surface area contributed by atoms with Gasteiger partial charge in [0, 0.05) is 33.2 Å². The normalized spacial score (nSPS) is 11.1. The van der Waals surface area contributed by atoms with Gasteiger partial charge in [0.25, 0.3) is 5.69 Å². The van der Waals surface area contributed by atoms with Crippen molar-refractivity contribution in [2.24, 2.45) is 5.10 Å². The number of hydrazone groups is 1. The Balaban J connectivity index is 1.88. The number of rotatable bonds is 6. The van der Waals surface area contributed by atoms with E-state index in [4.69, 9.17) is 0 Å². The van der Waals surface area contributed by atoms with Crippen LogP contribution in [0.1, 0.15) is 22.5 Å². The number of nitro groups is 2. The number of hydrogen-bond acceptors (Lipinski definition) is 6. The smallest absolute Gasteiger partial charge is 0.301 e. The van der Waals surface area contributed by atoms with Crippen LogP contribution in [0.25, 0.3) is 5.69 Å². The number of non-ortho nitro benzene ring substituents is 1. The molecule has 2 aromatic carbocycles. The second kappa shape index (κ2) is 8.46. The number of nitrogens with one attached hydrogen (secondary N) is 1. The summed E-state index contributed by atoms with van der Waals surface area (Å²) in [5, 5.41) is 26.2. The summed E-state index contributed by atoms with van der Waals surface area (Å²) in [6, 6.07) is 11.4. The first kappa shape index (κ1) is 21.2. The standard InChI is InChI=1S/C20H18BrN5O4/c1-12-4-5-16(9-18(12)21)24-13(2)8-15(14(24)3)11-22-23-19-7-6-17(25(27)28)10-20(19)26(29)30/h4-11,23H,1-3H3/b22-11+. The van der Waals surface area contributed by atoms with Crippen LogP contribution >= 0.6 is 15.9 Å². The van der Waals surface area contributed by atoms with Gasteiger partial charge in [-0.05, 0) is 50.6 Å². The van der Waals surface area contributed by atoms with E-state index in [2.05, 4.69) is 31.0 Å². The highest BCUT2D eigenvalue weighted by Crippen LogP contribution is 2.29. The van der Waals surface area contributed by atoms with Crippen LogP contribution in [0.5, 0.6) is 0 Å². The topological polar surface area (TPSA) is 116 Å². The Morgan fingerprint density at radius 2 is 1.77 bits per heavy atom. The molecular formula is C20H18BrN5O4. The van der Waals surface area contributed by atoms with Crippen molar-refractivity contribution in [1.82, 2.24) is 4.57 Å². The molecular weight excluding hydrogens is 454 g/mol. The molecule has 3 rings (SSSR count). The molecule has 0 atom stereocenters. The van der Waals surface area contributed by atoms with Gasteiger partial charge in [0.05, 0.1) is 22.1 Å². The molecule has 0 bridgehead atoms. The zero-order valence-corrected chi connectivity index (χ0v) is 18.0. The van der Waals surface area contributed by atoms with Crippen LogP contribution in [-0.2, 0) is 0 Å². The summed E-state index contributed by atoms with van der Waals surface area (Å²) >= 11 is 3.55. The summed E-state index contributed by atoms with van der Waals surface area (Å²) in [4.78, 5) is 20.7. The van der Waals surface area contributed by atoms with Crippen LogP contribution in [0.15, 0.2) is 52.0 Å². The Labute approximate surface area is 180 Å². The zero-order chi connectivity index (χ0) is 22.0. The van der Waals surface area contributed by atoms with Crippen LogP contribution in [-0.4, -0.2) is 20.6 Å². The molecule has 0 saturated heterocycles. The number of benzene rings is 2. The molecule has 0 saturated carbocycles. The molecule has 10 heteroatoms. The lowest BCUT2D eigenvalue weighted by molar-refractivity contribution is -0.393. The van der Waals surface area contributed by atoms with Crippen molar-refractivity contribution >= 4 is 39.2 Å². The lowest BCUT2D eigenvalue weighted by Gasteiger charge is -2.11. The third-order valence-corrected chi connectivity index (χ3v) is 5.52. The minimum atomic E-state index is -0.689. The third-order valence-electron chi connectivity index (χ3n) is 4.66. The summed E-state index contributed by atoms with van der Waals surface area (Å²) in [7, 11) is 0. The molecule has 1 aromatic heterocycles.